The number of aromatic nitrogens is 2. The average molecular weight is 229 g/mol. The van der Waals surface area contributed by atoms with Gasteiger partial charge in [0.15, 0.2) is 5.82 Å². The predicted molar refractivity (Wildman–Crippen MR) is 63.3 cm³/mol. The van der Waals surface area contributed by atoms with Crippen LogP contribution in [0.15, 0.2) is 0 Å². The van der Waals surface area contributed by atoms with Gasteiger partial charge in [0, 0.05) is 25.2 Å². The molecule has 0 fully saturated rings. The van der Waals surface area contributed by atoms with Gasteiger partial charge >= 0.3 is 0 Å². The van der Waals surface area contributed by atoms with Gasteiger partial charge in [0.25, 0.3) is 0 Å². The molecule has 15 heavy (non-hydrogen) atoms. The predicted octanol–water partition coefficient (Wildman–Crippen LogP) is 2.49. The van der Waals surface area contributed by atoms with E-state index in [1.807, 2.05) is 13.8 Å². The van der Waals surface area contributed by atoms with Crippen LogP contribution in [0.3, 0.4) is 0 Å². The molecule has 1 aromatic heterocycles. The van der Waals surface area contributed by atoms with E-state index in [4.69, 9.17) is 4.74 Å². The fourth-order valence-electron chi connectivity index (χ4n) is 0.923. The summed E-state index contributed by atoms with van der Waals surface area (Å²) in [4.78, 5) is 4.40. The standard InChI is InChI=1S/C10H19N3OS/c1-7(2)6-11-9-12-8(13-15-9)10(3,4)14-5/h7H,6H2,1-5H3,(H,11,12,13). The highest BCUT2D eigenvalue weighted by Crippen LogP contribution is 2.24. The van der Waals surface area contributed by atoms with E-state index in [9.17, 15) is 0 Å². The zero-order chi connectivity index (χ0) is 11.5. The van der Waals surface area contributed by atoms with Crippen LogP contribution in [0, 0.1) is 5.92 Å². The summed E-state index contributed by atoms with van der Waals surface area (Å²) >= 11 is 1.38. The van der Waals surface area contributed by atoms with Gasteiger partial charge in [-0.05, 0) is 19.8 Å². The van der Waals surface area contributed by atoms with E-state index < -0.39 is 5.60 Å². The lowest BCUT2D eigenvalue weighted by Crippen LogP contribution is -2.21. The number of nitrogens with one attached hydrogen (secondary N) is 1. The number of ether oxygens (including phenoxy) is 1. The summed E-state index contributed by atoms with van der Waals surface area (Å²) in [6.07, 6.45) is 0. The Balaban J connectivity index is 2.64. The number of rotatable bonds is 5. The van der Waals surface area contributed by atoms with Crippen LogP contribution in [0.4, 0.5) is 5.13 Å². The molecule has 0 saturated heterocycles. The van der Waals surface area contributed by atoms with E-state index in [1.165, 1.54) is 11.5 Å². The molecule has 1 heterocycles. The lowest BCUT2D eigenvalue weighted by Gasteiger charge is -2.18. The van der Waals surface area contributed by atoms with Gasteiger partial charge < -0.3 is 10.1 Å². The van der Waals surface area contributed by atoms with Crippen molar-refractivity contribution in [2.24, 2.45) is 5.92 Å². The molecular formula is C10H19N3OS. The summed E-state index contributed by atoms with van der Waals surface area (Å²) in [5.74, 6) is 1.34. The van der Waals surface area contributed by atoms with Gasteiger partial charge in [-0.3, -0.25) is 0 Å². The number of methoxy groups -OCH3 is 1. The molecule has 4 nitrogen and oxygen atoms in total. The Labute approximate surface area is 95.2 Å². The molecule has 0 atom stereocenters. The molecule has 1 aromatic rings. The minimum atomic E-state index is -0.408. The molecule has 0 radical (unpaired) electrons. The Bertz CT molecular complexity index is 309. The van der Waals surface area contributed by atoms with Crippen molar-refractivity contribution in [3.63, 3.8) is 0 Å². The maximum absolute atomic E-state index is 5.32. The van der Waals surface area contributed by atoms with Crippen LogP contribution in [0.5, 0.6) is 0 Å². The smallest absolute Gasteiger partial charge is 0.202 e. The van der Waals surface area contributed by atoms with Crippen LogP contribution in [0.2, 0.25) is 0 Å². The van der Waals surface area contributed by atoms with Crippen LogP contribution in [-0.4, -0.2) is 23.0 Å². The zero-order valence-electron chi connectivity index (χ0n) is 10.00. The third-order valence-corrected chi connectivity index (χ3v) is 2.81. The molecule has 0 saturated carbocycles. The second kappa shape index (κ2) is 4.90. The molecule has 5 heteroatoms. The van der Waals surface area contributed by atoms with Gasteiger partial charge in [-0.2, -0.15) is 4.37 Å². The summed E-state index contributed by atoms with van der Waals surface area (Å²) in [7, 11) is 1.67. The molecular weight excluding hydrogens is 210 g/mol. The Morgan fingerprint density at radius 2 is 2.13 bits per heavy atom. The molecule has 0 aliphatic rings. The second-order valence-corrected chi connectivity index (χ2v) is 5.16. The molecule has 0 aliphatic heterocycles. The first-order valence-electron chi connectivity index (χ1n) is 5.09. The number of nitrogens with zero attached hydrogens (tertiary/aromatic N) is 2. The average Bonchev–Trinajstić information content (AvgIpc) is 2.63. The Hall–Kier alpha value is -0.680. The van der Waals surface area contributed by atoms with Crippen LogP contribution in [0.25, 0.3) is 0 Å². The van der Waals surface area contributed by atoms with E-state index in [2.05, 4.69) is 28.5 Å². The quantitative estimate of drug-likeness (QED) is 0.842. The van der Waals surface area contributed by atoms with Crippen molar-refractivity contribution in [1.82, 2.24) is 9.36 Å². The molecule has 1 N–H and O–H groups in total. The molecule has 0 aromatic carbocycles. The van der Waals surface area contributed by atoms with Gasteiger partial charge in [-0.25, -0.2) is 4.98 Å². The van der Waals surface area contributed by atoms with Crippen molar-refractivity contribution in [2.75, 3.05) is 19.0 Å². The van der Waals surface area contributed by atoms with E-state index in [1.54, 1.807) is 7.11 Å². The summed E-state index contributed by atoms with van der Waals surface area (Å²) in [6.45, 7) is 9.16. The lowest BCUT2D eigenvalue weighted by atomic mass is 10.1. The molecule has 0 unspecified atom stereocenters. The fraction of sp³-hybridized carbons (Fsp3) is 0.800. The molecule has 86 valence electrons. The van der Waals surface area contributed by atoms with Gasteiger partial charge in [0.2, 0.25) is 5.13 Å². The Kier molecular flexibility index (Phi) is 4.04. The van der Waals surface area contributed by atoms with Crippen LogP contribution in [-0.2, 0) is 10.3 Å². The fourth-order valence-corrected chi connectivity index (χ4v) is 1.63. The summed E-state index contributed by atoms with van der Waals surface area (Å²) < 4.78 is 9.60. The molecule has 1 rings (SSSR count). The Morgan fingerprint density at radius 1 is 1.47 bits per heavy atom. The molecule has 0 amide bonds. The summed E-state index contributed by atoms with van der Waals surface area (Å²) in [6, 6.07) is 0. The third kappa shape index (κ3) is 3.43. The number of hydrogen-bond acceptors (Lipinski definition) is 5. The minimum Gasteiger partial charge on any atom is -0.371 e. The topological polar surface area (TPSA) is 47.0 Å². The van der Waals surface area contributed by atoms with Gasteiger partial charge in [-0.1, -0.05) is 13.8 Å². The highest BCUT2D eigenvalue weighted by atomic mass is 32.1. The molecule has 0 aliphatic carbocycles. The van der Waals surface area contributed by atoms with Crippen LogP contribution < -0.4 is 5.32 Å². The van der Waals surface area contributed by atoms with Crippen LogP contribution >= 0.6 is 11.5 Å². The second-order valence-electron chi connectivity index (χ2n) is 4.41. The van der Waals surface area contributed by atoms with E-state index >= 15 is 0 Å². The van der Waals surface area contributed by atoms with Crippen LogP contribution in [0.1, 0.15) is 33.5 Å². The maximum Gasteiger partial charge on any atom is 0.202 e. The molecule has 0 bridgehead atoms. The minimum absolute atomic E-state index is 0.408. The summed E-state index contributed by atoms with van der Waals surface area (Å²) in [5, 5.41) is 4.11. The van der Waals surface area contributed by atoms with Crippen molar-refractivity contribution in [3.8, 4) is 0 Å². The first-order chi connectivity index (χ1) is 6.95. The first kappa shape index (κ1) is 12.4. The van der Waals surface area contributed by atoms with Crippen molar-refractivity contribution in [2.45, 2.75) is 33.3 Å². The summed E-state index contributed by atoms with van der Waals surface area (Å²) in [5.41, 5.74) is -0.408. The van der Waals surface area contributed by atoms with Gasteiger partial charge in [0.05, 0.1) is 0 Å². The largest absolute Gasteiger partial charge is 0.371 e. The highest BCUT2D eigenvalue weighted by Gasteiger charge is 2.24. The Morgan fingerprint density at radius 3 is 2.67 bits per heavy atom. The molecule has 0 spiro atoms. The van der Waals surface area contributed by atoms with Crippen molar-refractivity contribution in [1.29, 1.82) is 0 Å². The van der Waals surface area contributed by atoms with E-state index in [-0.39, 0.29) is 0 Å². The SMILES string of the molecule is COC(C)(C)c1nsc(NCC(C)C)n1. The number of hydrogen-bond donors (Lipinski definition) is 1. The zero-order valence-corrected chi connectivity index (χ0v) is 10.8. The van der Waals surface area contributed by atoms with Crippen molar-refractivity contribution in [3.05, 3.63) is 5.82 Å². The monoisotopic (exact) mass is 229 g/mol. The lowest BCUT2D eigenvalue weighted by molar-refractivity contribution is 0.0126. The van der Waals surface area contributed by atoms with Gasteiger partial charge in [0.1, 0.15) is 5.60 Å². The number of anilines is 1. The van der Waals surface area contributed by atoms with E-state index in [0.29, 0.717) is 5.92 Å². The van der Waals surface area contributed by atoms with Gasteiger partial charge in [-0.15, -0.1) is 0 Å². The van der Waals surface area contributed by atoms with Crippen molar-refractivity contribution >= 4 is 16.7 Å². The van der Waals surface area contributed by atoms with E-state index in [0.717, 1.165) is 17.5 Å². The maximum atomic E-state index is 5.32. The van der Waals surface area contributed by atoms with Crippen molar-refractivity contribution < 1.29 is 4.74 Å². The normalized spacial score (nSPS) is 12.1. The third-order valence-electron chi connectivity index (χ3n) is 2.14. The first-order valence-corrected chi connectivity index (χ1v) is 5.86. The highest BCUT2D eigenvalue weighted by molar-refractivity contribution is 7.09.